The zero-order chi connectivity index (χ0) is 14.2. The second kappa shape index (κ2) is 4.89. The number of aromatic nitrogens is 1. The topological polar surface area (TPSA) is 62.5 Å². The first-order chi connectivity index (χ1) is 8.83. The molecule has 0 bridgehead atoms. The molecule has 1 amide bonds. The lowest BCUT2D eigenvalue weighted by Gasteiger charge is -2.37. The fraction of sp³-hybridized carbons (Fsp3) is 0.538. The van der Waals surface area contributed by atoms with Crippen LogP contribution in [0.2, 0.25) is 5.02 Å². The van der Waals surface area contributed by atoms with Crippen LogP contribution in [0, 0.1) is 5.41 Å². The van der Waals surface area contributed by atoms with Gasteiger partial charge in [-0.1, -0.05) is 11.6 Å². The standard InChI is InChI=1S/C13H17ClN2O3/c1-13(12(18)19)4-3-5-16(8-13)11(17)10-6-9(14)7-15(10)2/h6-7H,3-5,8H2,1-2H3,(H,18,19). The van der Waals surface area contributed by atoms with Gasteiger partial charge in [-0.3, -0.25) is 9.59 Å². The summed E-state index contributed by atoms with van der Waals surface area (Å²) in [4.78, 5) is 25.3. The molecule has 1 aromatic heterocycles. The van der Waals surface area contributed by atoms with E-state index < -0.39 is 11.4 Å². The molecule has 19 heavy (non-hydrogen) atoms. The molecule has 1 aliphatic heterocycles. The van der Waals surface area contributed by atoms with E-state index >= 15 is 0 Å². The summed E-state index contributed by atoms with van der Waals surface area (Å²) in [7, 11) is 1.75. The van der Waals surface area contributed by atoms with Crippen molar-refractivity contribution in [3.63, 3.8) is 0 Å². The van der Waals surface area contributed by atoms with Crippen molar-refractivity contribution in [2.75, 3.05) is 13.1 Å². The highest BCUT2D eigenvalue weighted by Crippen LogP contribution is 2.30. The fourth-order valence-electron chi connectivity index (χ4n) is 2.49. The number of amides is 1. The lowest BCUT2D eigenvalue weighted by atomic mass is 9.82. The van der Waals surface area contributed by atoms with E-state index in [4.69, 9.17) is 11.6 Å². The number of aryl methyl sites for hydroxylation is 1. The number of carboxylic acid groups (broad SMARTS) is 1. The van der Waals surface area contributed by atoms with Crippen LogP contribution in [-0.4, -0.2) is 39.5 Å². The van der Waals surface area contributed by atoms with E-state index in [9.17, 15) is 14.7 Å². The molecule has 1 saturated heterocycles. The Labute approximate surface area is 116 Å². The maximum absolute atomic E-state index is 12.4. The lowest BCUT2D eigenvalue weighted by Crippen LogP contribution is -2.48. The lowest BCUT2D eigenvalue weighted by molar-refractivity contribution is -0.150. The largest absolute Gasteiger partial charge is 0.481 e. The van der Waals surface area contributed by atoms with Crippen molar-refractivity contribution >= 4 is 23.5 Å². The third-order valence-corrected chi connectivity index (χ3v) is 3.90. The van der Waals surface area contributed by atoms with E-state index in [1.807, 2.05) is 0 Å². The van der Waals surface area contributed by atoms with E-state index in [0.29, 0.717) is 30.1 Å². The van der Waals surface area contributed by atoms with Gasteiger partial charge in [-0.2, -0.15) is 0 Å². The number of carbonyl (C=O) groups is 2. The molecule has 0 radical (unpaired) electrons. The number of nitrogens with zero attached hydrogens (tertiary/aromatic N) is 2. The summed E-state index contributed by atoms with van der Waals surface area (Å²) in [5.41, 5.74) is -0.372. The zero-order valence-corrected chi connectivity index (χ0v) is 11.8. The Hall–Kier alpha value is -1.49. The molecule has 1 atom stereocenters. The molecule has 1 unspecified atom stereocenters. The van der Waals surface area contributed by atoms with Crippen LogP contribution >= 0.6 is 11.6 Å². The molecule has 1 N–H and O–H groups in total. The molecule has 1 fully saturated rings. The third kappa shape index (κ3) is 2.61. The van der Waals surface area contributed by atoms with Gasteiger partial charge in [0.2, 0.25) is 0 Å². The molecule has 0 aromatic carbocycles. The Morgan fingerprint density at radius 3 is 2.68 bits per heavy atom. The number of hydrogen-bond donors (Lipinski definition) is 1. The van der Waals surface area contributed by atoms with Crippen molar-refractivity contribution in [1.82, 2.24) is 9.47 Å². The molecule has 5 nitrogen and oxygen atoms in total. The number of rotatable bonds is 2. The maximum Gasteiger partial charge on any atom is 0.311 e. The Bertz CT molecular complexity index is 526. The van der Waals surface area contributed by atoms with Crippen molar-refractivity contribution in [2.45, 2.75) is 19.8 Å². The SMILES string of the molecule is Cn1cc(Cl)cc1C(=O)N1CCCC(C)(C(=O)O)C1. The Morgan fingerprint density at radius 2 is 2.16 bits per heavy atom. The highest BCUT2D eigenvalue weighted by molar-refractivity contribution is 6.31. The molecule has 1 aliphatic rings. The number of aliphatic carboxylic acids is 1. The molecule has 0 spiro atoms. The highest BCUT2D eigenvalue weighted by Gasteiger charge is 2.39. The van der Waals surface area contributed by atoms with Gasteiger partial charge < -0.3 is 14.6 Å². The Balaban J connectivity index is 2.20. The van der Waals surface area contributed by atoms with Gasteiger partial charge in [0.25, 0.3) is 5.91 Å². The average molecular weight is 285 g/mol. The number of halogens is 1. The van der Waals surface area contributed by atoms with Gasteiger partial charge in [0, 0.05) is 26.3 Å². The summed E-state index contributed by atoms with van der Waals surface area (Å²) >= 11 is 5.87. The number of carbonyl (C=O) groups excluding carboxylic acids is 1. The fourth-order valence-corrected chi connectivity index (χ4v) is 2.74. The normalized spacial score (nSPS) is 23.4. The summed E-state index contributed by atoms with van der Waals surface area (Å²) in [6, 6.07) is 1.61. The van der Waals surface area contributed by atoms with Gasteiger partial charge in [-0.15, -0.1) is 0 Å². The number of carboxylic acids is 1. The first-order valence-electron chi connectivity index (χ1n) is 6.18. The highest BCUT2D eigenvalue weighted by atomic mass is 35.5. The van der Waals surface area contributed by atoms with Crippen molar-refractivity contribution in [3.05, 3.63) is 23.0 Å². The van der Waals surface area contributed by atoms with Crippen LogP contribution < -0.4 is 0 Å². The molecular weight excluding hydrogens is 268 g/mol. The molecule has 0 saturated carbocycles. The van der Waals surface area contributed by atoms with Gasteiger partial charge in [-0.05, 0) is 25.8 Å². The van der Waals surface area contributed by atoms with Crippen LogP contribution in [0.25, 0.3) is 0 Å². The predicted octanol–water partition coefficient (Wildman–Crippen LogP) is 2.01. The molecule has 1 aromatic rings. The average Bonchev–Trinajstić information content (AvgIpc) is 2.67. The second-order valence-corrected chi connectivity index (χ2v) is 5.79. The summed E-state index contributed by atoms with van der Waals surface area (Å²) in [6.45, 7) is 2.52. The first-order valence-corrected chi connectivity index (χ1v) is 6.56. The summed E-state index contributed by atoms with van der Waals surface area (Å²) < 4.78 is 1.66. The van der Waals surface area contributed by atoms with Crippen LogP contribution in [-0.2, 0) is 11.8 Å². The van der Waals surface area contributed by atoms with E-state index in [1.54, 1.807) is 35.7 Å². The first kappa shape index (κ1) is 13.9. The molecule has 104 valence electrons. The monoisotopic (exact) mass is 284 g/mol. The van der Waals surface area contributed by atoms with Crippen LogP contribution in [0.4, 0.5) is 0 Å². The molecule has 6 heteroatoms. The molecule has 0 aliphatic carbocycles. The number of likely N-dealkylation sites (tertiary alicyclic amines) is 1. The van der Waals surface area contributed by atoms with E-state index in [-0.39, 0.29) is 12.5 Å². The molecule has 2 heterocycles. The van der Waals surface area contributed by atoms with Gasteiger partial charge in [0.15, 0.2) is 0 Å². The predicted molar refractivity (Wildman–Crippen MR) is 71.3 cm³/mol. The summed E-state index contributed by atoms with van der Waals surface area (Å²) in [5.74, 6) is -1.02. The maximum atomic E-state index is 12.4. The Morgan fingerprint density at radius 1 is 1.47 bits per heavy atom. The van der Waals surface area contributed by atoms with Crippen LogP contribution in [0.3, 0.4) is 0 Å². The van der Waals surface area contributed by atoms with Crippen molar-refractivity contribution in [2.24, 2.45) is 12.5 Å². The minimum Gasteiger partial charge on any atom is -0.481 e. The van der Waals surface area contributed by atoms with Crippen LogP contribution in [0.5, 0.6) is 0 Å². The van der Waals surface area contributed by atoms with E-state index in [0.717, 1.165) is 0 Å². The minimum atomic E-state index is -0.858. The van der Waals surface area contributed by atoms with Crippen molar-refractivity contribution in [3.8, 4) is 0 Å². The minimum absolute atomic E-state index is 0.165. The van der Waals surface area contributed by atoms with Crippen molar-refractivity contribution in [1.29, 1.82) is 0 Å². The van der Waals surface area contributed by atoms with Gasteiger partial charge in [0.05, 0.1) is 10.4 Å². The second-order valence-electron chi connectivity index (χ2n) is 5.35. The number of piperidine rings is 1. The van der Waals surface area contributed by atoms with Gasteiger partial charge >= 0.3 is 5.97 Å². The summed E-state index contributed by atoms with van der Waals surface area (Å²) in [6.07, 6.45) is 2.96. The van der Waals surface area contributed by atoms with Crippen LogP contribution in [0.1, 0.15) is 30.3 Å². The number of hydrogen-bond acceptors (Lipinski definition) is 2. The smallest absolute Gasteiger partial charge is 0.311 e. The molecular formula is C13H17ClN2O3. The van der Waals surface area contributed by atoms with E-state index in [1.165, 1.54) is 0 Å². The van der Waals surface area contributed by atoms with Crippen LogP contribution in [0.15, 0.2) is 12.3 Å². The third-order valence-electron chi connectivity index (χ3n) is 3.69. The van der Waals surface area contributed by atoms with Gasteiger partial charge in [-0.25, -0.2) is 0 Å². The molecule has 2 rings (SSSR count). The Kier molecular flexibility index (Phi) is 3.58. The van der Waals surface area contributed by atoms with E-state index in [2.05, 4.69) is 0 Å². The van der Waals surface area contributed by atoms with Crippen molar-refractivity contribution < 1.29 is 14.7 Å². The zero-order valence-electron chi connectivity index (χ0n) is 11.0. The quantitative estimate of drug-likeness (QED) is 0.903. The summed E-state index contributed by atoms with van der Waals surface area (Å²) in [5, 5.41) is 9.77. The van der Waals surface area contributed by atoms with Gasteiger partial charge in [0.1, 0.15) is 5.69 Å².